The molecular formula is C20H24N2O4. The van der Waals surface area contributed by atoms with Gasteiger partial charge in [0.25, 0.3) is 0 Å². The van der Waals surface area contributed by atoms with E-state index >= 15 is 0 Å². The second-order valence-corrected chi connectivity index (χ2v) is 6.45. The van der Waals surface area contributed by atoms with E-state index in [4.69, 9.17) is 9.47 Å². The Morgan fingerprint density at radius 2 is 1.73 bits per heavy atom. The zero-order valence-corrected chi connectivity index (χ0v) is 15.1. The number of hydrogen-bond acceptors (Lipinski definition) is 5. The van der Waals surface area contributed by atoms with Gasteiger partial charge in [-0.15, -0.1) is 0 Å². The van der Waals surface area contributed by atoms with Gasteiger partial charge >= 0.3 is 5.97 Å². The van der Waals surface area contributed by atoms with Crippen LogP contribution >= 0.6 is 0 Å². The lowest BCUT2D eigenvalue weighted by atomic mass is 9.91. The van der Waals surface area contributed by atoms with Crippen molar-refractivity contribution in [1.29, 1.82) is 0 Å². The summed E-state index contributed by atoms with van der Waals surface area (Å²) in [4.78, 5) is 17.7. The Labute approximate surface area is 153 Å². The van der Waals surface area contributed by atoms with E-state index in [2.05, 4.69) is 9.88 Å². The van der Waals surface area contributed by atoms with E-state index < -0.39 is 5.97 Å². The fourth-order valence-electron chi connectivity index (χ4n) is 3.59. The number of nitrogens with zero attached hydrogens (tertiary/aromatic N) is 2. The largest absolute Gasteiger partial charge is 0.493 e. The van der Waals surface area contributed by atoms with Gasteiger partial charge in [-0.25, -0.2) is 0 Å². The van der Waals surface area contributed by atoms with Gasteiger partial charge in [-0.05, 0) is 61.3 Å². The molecule has 0 amide bonds. The molecule has 1 aromatic carbocycles. The molecule has 1 fully saturated rings. The van der Waals surface area contributed by atoms with Crippen molar-refractivity contribution < 1.29 is 19.4 Å². The summed E-state index contributed by atoms with van der Waals surface area (Å²) >= 11 is 0. The van der Waals surface area contributed by atoms with Gasteiger partial charge in [0, 0.05) is 12.4 Å². The number of carbonyl (C=O) groups is 1. The third kappa shape index (κ3) is 3.80. The molecule has 1 aromatic heterocycles. The van der Waals surface area contributed by atoms with E-state index in [0.717, 1.165) is 24.2 Å². The average Bonchev–Trinajstić information content (AvgIpc) is 2.69. The van der Waals surface area contributed by atoms with Crippen LogP contribution in [0.4, 0.5) is 0 Å². The van der Waals surface area contributed by atoms with Crippen LogP contribution in [0.3, 0.4) is 0 Å². The third-order valence-electron chi connectivity index (χ3n) is 4.99. The molecule has 2 aromatic rings. The molecule has 1 saturated heterocycles. The number of rotatable bonds is 6. The number of aromatic nitrogens is 1. The van der Waals surface area contributed by atoms with Crippen LogP contribution < -0.4 is 9.47 Å². The highest BCUT2D eigenvalue weighted by Gasteiger charge is 2.30. The van der Waals surface area contributed by atoms with Crippen molar-refractivity contribution in [2.45, 2.75) is 18.9 Å². The average molecular weight is 356 g/mol. The summed E-state index contributed by atoms with van der Waals surface area (Å²) in [7, 11) is 3.25. The van der Waals surface area contributed by atoms with E-state index in [0.29, 0.717) is 24.3 Å². The second kappa shape index (κ2) is 8.19. The molecule has 0 spiro atoms. The van der Waals surface area contributed by atoms with E-state index in [9.17, 15) is 9.90 Å². The van der Waals surface area contributed by atoms with Crippen molar-refractivity contribution in [1.82, 2.24) is 9.88 Å². The first kappa shape index (κ1) is 18.2. The van der Waals surface area contributed by atoms with Crippen molar-refractivity contribution in [2.24, 2.45) is 5.92 Å². The first-order chi connectivity index (χ1) is 12.6. The molecule has 0 saturated carbocycles. The molecule has 6 heteroatoms. The number of piperidine rings is 1. The molecule has 1 aliphatic rings. The van der Waals surface area contributed by atoms with Gasteiger partial charge in [0.15, 0.2) is 11.5 Å². The van der Waals surface area contributed by atoms with Gasteiger partial charge in [-0.2, -0.15) is 0 Å². The first-order valence-electron chi connectivity index (χ1n) is 8.72. The third-order valence-corrected chi connectivity index (χ3v) is 4.99. The summed E-state index contributed by atoms with van der Waals surface area (Å²) in [6.07, 6.45) is 4.88. The Bertz CT molecular complexity index is 743. The Kier molecular flexibility index (Phi) is 5.73. The number of carboxylic acid groups (broad SMARTS) is 1. The second-order valence-electron chi connectivity index (χ2n) is 6.45. The van der Waals surface area contributed by atoms with Crippen molar-refractivity contribution in [3.05, 3.63) is 53.9 Å². The predicted molar refractivity (Wildman–Crippen MR) is 97.6 cm³/mol. The zero-order chi connectivity index (χ0) is 18.5. The summed E-state index contributed by atoms with van der Waals surface area (Å²) in [5.41, 5.74) is 2.21. The van der Waals surface area contributed by atoms with Gasteiger partial charge in [-0.1, -0.05) is 6.07 Å². The highest BCUT2D eigenvalue weighted by molar-refractivity contribution is 5.70. The SMILES string of the molecule is COc1ccc(C(c2ccncc2)N2CCC(C(=O)O)CC2)cc1OC. The highest BCUT2D eigenvalue weighted by atomic mass is 16.5. The lowest BCUT2D eigenvalue weighted by molar-refractivity contribution is -0.143. The van der Waals surface area contributed by atoms with Gasteiger partial charge in [-0.3, -0.25) is 14.7 Å². The minimum absolute atomic E-state index is 0.0209. The number of methoxy groups -OCH3 is 2. The quantitative estimate of drug-likeness (QED) is 0.858. The molecule has 1 aliphatic heterocycles. The normalized spacial score (nSPS) is 16.8. The van der Waals surface area contributed by atoms with Crippen LogP contribution in [-0.2, 0) is 4.79 Å². The van der Waals surface area contributed by atoms with Crippen LogP contribution in [0, 0.1) is 5.92 Å². The molecular weight excluding hydrogens is 332 g/mol. The van der Waals surface area contributed by atoms with E-state index in [1.807, 2.05) is 30.3 Å². The fraction of sp³-hybridized carbons (Fsp3) is 0.400. The molecule has 138 valence electrons. The molecule has 0 bridgehead atoms. The van der Waals surface area contributed by atoms with E-state index in [1.54, 1.807) is 26.6 Å². The molecule has 1 atom stereocenters. The number of likely N-dealkylation sites (tertiary alicyclic amines) is 1. The first-order valence-corrected chi connectivity index (χ1v) is 8.72. The van der Waals surface area contributed by atoms with Gasteiger partial charge in [0.2, 0.25) is 0 Å². The van der Waals surface area contributed by atoms with Crippen molar-refractivity contribution in [3.8, 4) is 11.5 Å². The van der Waals surface area contributed by atoms with Crippen molar-refractivity contribution in [2.75, 3.05) is 27.3 Å². The van der Waals surface area contributed by atoms with Crippen LogP contribution in [0.1, 0.15) is 30.0 Å². The van der Waals surface area contributed by atoms with E-state index in [1.165, 1.54) is 0 Å². The zero-order valence-electron chi connectivity index (χ0n) is 15.1. The lowest BCUT2D eigenvalue weighted by Gasteiger charge is -2.37. The molecule has 0 radical (unpaired) electrons. The smallest absolute Gasteiger partial charge is 0.306 e. The van der Waals surface area contributed by atoms with Gasteiger partial charge < -0.3 is 14.6 Å². The summed E-state index contributed by atoms with van der Waals surface area (Å²) in [5.74, 6) is 0.421. The van der Waals surface area contributed by atoms with Crippen molar-refractivity contribution in [3.63, 3.8) is 0 Å². The summed E-state index contributed by atoms with van der Waals surface area (Å²) in [6.45, 7) is 1.47. The van der Waals surface area contributed by atoms with Gasteiger partial charge in [0.05, 0.1) is 26.2 Å². The van der Waals surface area contributed by atoms with Crippen LogP contribution in [0.2, 0.25) is 0 Å². The Hall–Kier alpha value is -2.60. The molecule has 1 unspecified atom stereocenters. The number of hydrogen-bond donors (Lipinski definition) is 1. The highest BCUT2D eigenvalue weighted by Crippen LogP contribution is 2.36. The Balaban J connectivity index is 1.94. The molecule has 2 heterocycles. The van der Waals surface area contributed by atoms with Gasteiger partial charge in [0.1, 0.15) is 0 Å². The maximum absolute atomic E-state index is 11.3. The Morgan fingerprint density at radius 3 is 2.31 bits per heavy atom. The van der Waals surface area contributed by atoms with Crippen LogP contribution in [-0.4, -0.2) is 48.3 Å². The number of aliphatic carboxylic acids is 1. The van der Waals surface area contributed by atoms with Crippen LogP contribution in [0.25, 0.3) is 0 Å². The van der Waals surface area contributed by atoms with Crippen LogP contribution in [0.5, 0.6) is 11.5 Å². The number of ether oxygens (including phenoxy) is 2. The minimum Gasteiger partial charge on any atom is -0.493 e. The topological polar surface area (TPSA) is 71.9 Å². The molecule has 26 heavy (non-hydrogen) atoms. The lowest BCUT2D eigenvalue weighted by Crippen LogP contribution is -2.39. The summed E-state index contributed by atoms with van der Waals surface area (Å²) in [5, 5.41) is 9.27. The maximum Gasteiger partial charge on any atom is 0.306 e. The number of carboxylic acids is 1. The fourth-order valence-corrected chi connectivity index (χ4v) is 3.59. The predicted octanol–water partition coefficient (Wildman–Crippen LogP) is 2.98. The summed E-state index contributed by atoms with van der Waals surface area (Å²) in [6, 6.07) is 9.97. The minimum atomic E-state index is -0.698. The standard InChI is InChI=1S/C20H24N2O4/c1-25-17-4-3-16(13-18(17)26-2)19(14-5-9-21-10-6-14)22-11-7-15(8-12-22)20(23)24/h3-6,9-10,13,15,19H,7-8,11-12H2,1-2H3,(H,23,24). The molecule has 3 rings (SSSR count). The van der Waals surface area contributed by atoms with Crippen LogP contribution in [0.15, 0.2) is 42.7 Å². The monoisotopic (exact) mass is 356 g/mol. The molecule has 6 nitrogen and oxygen atoms in total. The van der Waals surface area contributed by atoms with Crippen molar-refractivity contribution >= 4 is 5.97 Å². The number of pyridine rings is 1. The summed E-state index contributed by atoms with van der Waals surface area (Å²) < 4.78 is 10.8. The van der Waals surface area contributed by atoms with E-state index in [-0.39, 0.29) is 12.0 Å². The molecule has 1 N–H and O–H groups in total. The maximum atomic E-state index is 11.3. The number of benzene rings is 1. The Morgan fingerprint density at radius 1 is 1.08 bits per heavy atom. The molecule has 0 aliphatic carbocycles.